The summed E-state index contributed by atoms with van der Waals surface area (Å²) in [5, 5.41) is 0. The summed E-state index contributed by atoms with van der Waals surface area (Å²) in [7, 11) is 0. The van der Waals surface area contributed by atoms with E-state index in [1.165, 1.54) is 25.7 Å². The molecule has 0 saturated heterocycles. The summed E-state index contributed by atoms with van der Waals surface area (Å²) in [6, 6.07) is 0. The minimum absolute atomic E-state index is 0.179. The Morgan fingerprint density at radius 2 is 0.394 bits per heavy atom. The zero-order chi connectivity index (χ0) is 49.4. The molecule has 0 aromatic carbocycles. The molecule has 4 nitrogen and oxygen atoms in total. The highest BCUT2D eigenvalue weighted by molar-refractivity contribution is 5.87. The fourth-order valence-corrected chi connectivity index (χ4v) is 8.85. The third-order valence-electron chi connectivity index (χ3n) is 13.4. The summed E-state index contributed by atoms with van der Waals surface area (Å²) < 4.78 is 125. The predicted molar refractivity (Wildman–Crippen MR) is 260 cm³/mol. The number of unbranched alkanes of at least 4 members (excludes halogenated alkanes) is 36. The second-order valence-corrected chi connectivity index (χ2v) is 19.6. The highest BCUT2D eigenvalue weighted by Crippen LogP contribution is 2.53. The highest BCUT2D eigenvalue weighted by atomic mass is 19.4. The quantitative estimate of drug-likeness (QED) is 0.0450. The Balaban J connectivity index is 5.91. The number of hydrogen-bond donors (Lipinski definition) is 0. The molecule has 2 amide bonds. The number of halogens is 8. The van der Waals surface area contributed by atoms with Gasteiger partial charge in [0.15, 0.2) is 0 Å². The largest absolute Gasteiger partial charge is 0.392 e. The Labute approximate surface area is 399 Å². The van der Waals surface area contributed by atoms with Gasteiger partial charge in [0.05, 0.1) is 0 Å². The number of rotatable bonds is 49. The third kappa shape index (κ3) is 27.0. The van der Waals surface area contributed by atoms with E-state index < -0.39 is 35.5 Å². The van der Waals surface area contributed by atoms with Crippen molar-refractivity contribution in [3.63, 3.8) is 0 Å². The molecule has 0 aliphatic carbocycles. The zero-order valence-electron chi connectivity index (χ0n) is 42.8. The number of alkyl halides is 8. The smallest absolute Gasteiger partial charge is 0.337 e. The van der Waals surface area contributed by atoms with Gasteiger partial charge in [-0.1, -0.05) is 259 Å². The van der Waals surface area contributed by atoms with Crippen LogP contribution in [0.4, 0.5) is 35.1 Å². The molecule has 66 heavy (non-hydrogen) atoms. The second kappa shape index (κ2) is 40.1. The van der Waals surface area contributed by atoms with Crippen LogP contribution in [0.25, 0.3) is 0 Å². The Morgan fingerprint density at radius 3 is 0.545 bits per heavy atom. The lowest BCUT2D eigenvalue weighted by Crippen LogP contribution is -2.69. The fraction of sp³-hybridized carbons (Fsp3) is 0.963. The SMILES string of the molecule is CCCCCCCCCCCCN(CCCCCCCCCCCC)C(=O)C(F)(F)C(F)(F)C(F)(F)C(F)(F)C(=O)N(CCCCCCCCCCCC)CCCCCCCCCCCC. The minimum atomic E-state index is -6.86. The maximum atomic E-state index is 15.7. The molecule has 0 rings (SSSR count). The van der Waals surface area contributed by atoms with Gasteiger partial charge < -0.3 is 9.80 Å². The molecule has 0 unspecified atom stereocenters. The van der Waals surface area contributed by atoms with Gasteiger partial charge in [0.2, 0.25) is 0 Å². The molecule has 0 atom stereocenters. The minimum Gasteiger partial charge on any atom is -0.337 e. The lowest BCUT2D eigenvalue weighted by atomic mass is 9.96. The van der Waals surface area contributed by atoms with Crippen LogP contribution in [0.15, 0.2) is 0 Å². The molecule has 0 aromatic heterocycles. The van der Waals surface area contributed by atoms with Crippen LogP contribution in [-0.4, -0.2) is 71.5 Å². The van der Waals surface area contributed by atoms with E-state index in [4.69, 9.17) is 0 Å². The lowest BCUT2D eigenvalue weighted by Gasteiger charge is -2.38. The van der Waals surface area contributed by atoms with E-state index in [2.05, 4.69) is 27.7 Å². The normalized spacial score (nSPS) is 12.6. The van der Waals surface area contributed by atoms with Crippen molar-refractivity contribution in [3.8, 4) is 0 Å². The first-order chi connectivity index (χ1) is 31.6. The third-order valence-corrected chi connectivity index (χ3v) is 13.4. The number of amides is 2. The van der Waals surface area contributed by atoms with Crippen molar-refractivity contribution >= 4 is 11.8 Å². The van der Waals surface area contributed by atoms with Gasteiger partial charge in [-0.15, -0.1) is 0 Å². The molecule has 0 bridgehead atoms. The summed E-state index contributed by atoms with van der Waals surface area (Å²) in [4.78, 5) is 27.6. The van der Waals surface area contributed by atoms with Gasteiger partial charge in [0.1, 0.15) is 0 Å². The molecule has 0 saturated carbocycles. The van der Waals surface area contributed by atoms with Crippen LogP contribution < -0.4 is 0 Å². The van der Waals surface area contributed by atoms with Crippen LogP contribution in [0.3, 0.4) is 0 Å². The summed E-state index contributed by atoms with van der Waals surface area (Å²) in [6.07, 6.45) is 35.6. The molecule has 12 heteroatoms. The van der Waals surface area contributed by atoms with Crippen molar-refractivity contribution in [1.29, 1.82) is 0 Å². The lowest BCUT2D eigenvalue weighted by molar-refractivity contribution is -0.350. The predicted octanol–water partition coefficient (Wildman–Crippen LogP) is 18.9. The van der Waals surface area contributed by atoms with Crippen molar-refractivity contribution in [1.82, 2.24) is 9.80 Å². The van der Waals surface area contributed by atoms with Crippen molar-refractivity contribution in [2.45, 2.75) is 308 Å². The molecule has 0 heterocycles. The van der Waals surface area contributed by atoms with Crippen LogP contribution in [-0.2, 0) is 9.59 Å². The Hall–Kier alpha value is -1.62. The van der Waals surface area contributed by atoms with Gasteiger partial charge in [0.25, 0.3) is 11.8 Å². The summed E-state index contributed by atoms with van der Waals surface area (Å²) >= 11 is 0. The van der Waals surface area contributed by atoms with E-state index >= 15 is 35.1 Å². The van der Waals surface area contributed by atoms with Gasteiger partial charge >= 0.3 is 23.7 Å². The summed E-state index contributed by atoms with van der Waals surface area (Å²) in [6.45, 7) is 7.01. The van der Waals surface area contributed by atoms with E-state index in [0.29, 0.717) is 35.5 Å². The second-order valence-electron chi connectivity index (χ2n) is 19.6. The average Bonchev–Trinajstić information content (AvgIpc) is 3.29. The zero-order valence-corrected chi connectivity index (χ0v) is 42.8. The van der Waals surface area contributed by atoms with Crippen LogP contribution in [0.5, 0.6) is 0 Å². The molecule has 0 aliphatic heterocycles. The van der Waals surface area contributed by atoms with E-state index in [-0.39, 0.29) is 51.9 Å². The van der Waals surface area contributed by atoms with Crippen molar-refractivity contribution in [2.75, 3.05) is 26.2 Å². The van der Waals surface area contributed by atoms with Crippen LogP contribution >= 0.6 is 0 Å². The Morgan fingerprint density at radius 1 is 0.258 bits per heavy atom. The first-order valence-electron chi connectivity index (χ1n) is 27.7. The van der Waals surface area contributed by atoms with E-state index in [1.54, 1.807) is 0 Å². The van der Waals surface area contributed by atoms with Crippen molar-refractivity contribution in [3.05, 3.63) is 0 Å². The molecular weight excluding hydrogens is 861 g/mol. The molecule has 0 N–H and O–H groups in total. The maximum Gasteiger partial charge on any atom is 0.392 e. The molecule has 0 radical (unpaired) electrons. The standard InChI is InChI=1S/C54H100F8N2O2/c1-5-9-13-17-21-25-29-33-37-41-45-63(46-42-38-34-30-26-22-18-14-10-6-2)49(65)51(55,56)53(59,60)54(61,62)52(57,58)50(66)64(47-43-39-35-31-27-23-19-15-11-7-3)48-44-40-36-32-28-24-20-16-12-8-4/h5-48H2,1-4H3. The first kappa shape index (κ1) is 64.4. The molecule has 394 valence electrons. The summed E-state index contributed by atoms with van der Waals surface area (Å²) in [5.41, 5.74) is 0. The van der Waals surface area contributed by atoms with Crippen LogP contribution in [0, 0.1) is 0 Å². The molecular formula is C54H100F8N2O2. The summed E-state index contributed by atoms with van der Waals surface area (Å²) in [5.74, 6) is -31.3. The number of carbonyl (C=O) groups excluding carboxylic acids is 2. The average molecular weight is 961 g/mol. The van der Waals surface area contributed by atoms with E-state index in [0.717, 1.165) is 180 Å². The van der Waals surface area contributed by atoms with E-state index in [9.17, 15) is 9.59 Å². The van der Waals surface area contributed by atoms with Gasteiger partial charge in [-0.2, -0.15) is 35.1 Å². The maximum absolute atomic E-state index is 15.7. The van der Waals surface area contributed by atoms with Crippen molar-refractivity contribution in [2.24, 2.45) is 0 Å². The fourth-order valence-electron chi connectivity index (χ4n) is 8.85. The van der Waals surface area contributed by atoms with Gasteiger partial charge in [0, 0.05) is 26.2 Å². The van der Waals surface area contributed by atoms with E-state index in [1.807, 2.05) is 0 Å². The molecule has 0 aliphatic rings. The monoisotopic (exact) mass is 961 g/mol. The highest BCUT2D eigenvalue weighted by Gasteiger charge is 2.85. The molecule has 0 spiro atoms. The first-order valence-corrected chi connectivity index (χ1v) is 27.7. The number of nitrogens with zero attached hydrogens (tertiary/aromatic N) is 2. The topological polar surface area (TPSA) is 40.6 Å². The van der Waals surface area contributed by atoms with Crippen molar-refractivity contribution < 1.29 is 44.7 Å². The molecule has 0 fully saturated rings. The molecule has 0 aromatic rings. The van der Waals surface area contributed by atoms with Gasteiger partial charge in [-0.05, 0) is 25.7 Å². The Bertz CT molecular complexity index is 1010. The Kier molecular flexibility index (Phi) is 39.2. The van der Waals surface area contributed by atoms with Crippen LogP contribution in [0.2, 0.25) is 0 Å². The van der Waals surface area contributed by atoms with Crippen LogP contribution in [0.1, 0.15) is 285 Å². The van der Waals surface area contributed by atoms with Gasteiger partial charge in [-0.3, -0.25) is 9.59 Å². The number of hydrogen-bond acceptors (Lipinski definition) is 2. The van der Waals surface area contributed by atoms with Gasteiger partial charge in [-0.25, -0.2) is 0 Å². The number of carbonyl (C=O) groups is 2.